The van der Waals surface area contributed by atoms with Crippen LogP contribution in [-0.4, -0.2) is 27.7 Å². The number of hydrogen-bond donors (Lipinski definition) is 2. The lowest BCUT2D eigenvalue weighted by molar-refractivity contribution is 0.317. The van der Waals surface area contributed by atoms with Gasteiger partial charge in [0.05, 0.1) is 10.7 Å². The molecule has 7 nitrogen and oxygen atoms in total. The first-order chi connectivity index (χ1) is 9.56. The number of oxime groups is 1. The Balaban J connectivity index is 2.62. The molecule has 2 aromatic rings. The lowest BCUT2D eigenvalue weighted by atomic mass is 10.2. The Morgan fingerprint density at radius 1 is 1.45 bits per heavy atom. The summed E-state index contributed by atoms with van der Waals surface area (Å²) in [5.74, 6) is 0.541. The zero-order chi connectivity index (χ0) is 14.7. The summed E-state index contributed by atoms with van der Waals surface area (Å²) in [4.78, 5) is 25.3. The van der Waals surface area contributed by atoms with Gasteiger partial charge in [-0.2, -0.15) is 0 Å². The highest BCUT2D eigenvalue weighted by Crippen LogP contribution is 2.13. The summed E-state index contributed by atoms with van der Waals surface area (Å²) in [5.41, 5.74) is -0.711. The molecular formula is C12H10IN3O4. The number of nitrogens with one attached hydrogen (secondary N) is 1. The highest BCUT2D eigenvalue weighted by Gasteiger charge is 2.12. The van der Waals surface area contributed by atoms with Crippen LogP contribution in [0, 0.1) is 3.57 Å². The quantitative estimate of drug-likeness (QED) is 0.262. The highest BCUT2D eigenvalue weighted by atomic mass is 127. The number of aromatic amines is 1. The number of aromatic nitrogens is 2. The maximum Gasteiger partial charge on any atom is 0.334 e. The van der Waals surface area contributed by atoms with Gasteiger partial charge in [-0.3, -0.25) is 9.78 Å². The van der Waals surface area contributed by atoms with Gasteiger partial charge in [-0.1, -0.05) is 17.3 Å². The minimum Gasteiger partial charge on any atom is -0.497 e. The fraction of sp³-hybridized carbons (Fsp3) is 0.0833. The third-order valence-corrected chi connectivity index (χ3v) is 3.32. The molecule has 0 spiro atoms. The van der Waals surface area contributed by atoms with Crippen molar-refractivity contribution in [2.75, 3.05) is 7.11 Å². The predicted octanol–water partition coefficient (Wildman–Crippen LogP) is 0.834. The van der Waals surface area contributed by atoms with Gasteiger partial charge in [0.25, 0.3) is 5.56 Å². The fourth-order valence-electron chi connectivity index (χ4n) is 1.61. The van der Waals surface area contributed by atoms with Gasteiger partial charge in [-0.25, -0.2) is 9.36 Å². The van der Waals surface area contributed by atoms with E-state index in [1.807, 2.05) is 0 Å². The number of ether oxygens (including phenoxy) is 1. The van der Waals surface area contributed by atoms with Crippen LogP contribution in [0.5, 0.6) is 5.75 Å². The van der Waals surface area contributed by atoms with Crippen LogP contribution in [0.25, 0.3) is 0 Å². The molecule has 20 heavy (non-hydrogen) atoms. The van der Waals surface area contributed by atoms with Crippen molar-refractivity contribution in [2.24, 2.45) is 5.16 Å². The normalized spacial score (nSPS) is 11.4. The Morgan fingerprint density at radius 3 is 2.85 bits per heavy atom. The van der Waals surface area contributed by atoms with E-state index in [1.54, 1.807) is 46.9 Å². The SMILES string of the molecule is COc1cccc(/C(=N\O)n2cc(I)c(=O)[nH]c2=O)c1. The molecule has 0 unspecified atom stereocenters. The van der Waals surface area contributed by atoms with Gasteiger partial charge in [0, 0.05) is 11.8 Å². The second-order valence-electron chi connectivity index (χ2n) is 3.76. The molecular weight excluding hydrogens is 377 g/mol. The van der Waals surface area contributed by atoms with Crippen molar-refractivity contribution in [1.82, 2.24) is 9.55 Å². The molecule has 8 heteroatoms. The van der Waals surface area contributed by atoms with E-state index in [2.05, 4.69) is 10.1 Å². The lowest BCUT2D eigenvalue weighted by Gasteiger charge is -2.09. The minimum atomic E-state index is -0.689. The van der Waals surface area contributed by atoms with Crippen LogP contribution in [0.15, 0.2) is 45.2 Å². The largest absolute Gasteiger partial charge is 0.497 e. The van der Waals surface area contributed by atoms with Gasteiger partial charge in [0.1, 0.15) is 5.75 Å². The molecule has 0 fully saturated rings. The van der Waals surface area contributed by atoms with Gasteiger partial charge >= 0.3 is 5.69 Å². The van der Waals surface area contributed by atoms with E-state index in [9.17, 15) is 14.8 Å². The van der Waals surface area contributed by atoms with Gasteiger partial charge < -0.3 is 9.94 Å². The van der Waals surface area contributed by atoms with E-state index in [4.69, 9.17) is 4.74 Å². The van der Waals surface area contributed by atoms with Crippen LogP contribution >= 0.6 is 22.6 Å². The van der Waals surface area contributed by atoms with E-state index in [1.165, 1.54) is 13.3 Å². The Hall–Kier alpha value is -2.10. The van der Waals surface area contributed by atoms with E-state index in [0.29, 0.717) is 14.9 Å². The van der Waals surface area contributed by atoms with Crippen molar-refractivity contribution in [3.05, 3.63) is 60.4 Å². The zero-order valence-corrected chi connectivity index (χ0v) is 12.5. The van der Waals surface area contributed by atoms with Gasteiger partial charge in [0.2, 0.25) is 0 Å². The van der Waals surface area contributed by atoms with E-state index >= 15 is 0 Å². The number of methoxy groups -OCH3 is 1. The summed E-state index contributed by atoms with van der Waals surface area (Å²) >= 11 is 1.78. The summed E-state index contributed by atoms with van der Waals surface area (Å²) in [6.45, 7) is 0. The second-order valence-corrected chi connectivity index (χ2v) is 4.92. The molecule has 1 heterocycles. The van der Waals surface area contributed by atoms with Crippen molar-refractivity contribution < 1.29 is 9.94 Å². The number of nitrogens with zero attached hydrogens (tertiary/aromatic N) is 2. The molecule has 0 saturated heterocycles. The first-order valence-corrected chi connectivity index (χ1v) is 6.53. The summed E-state index contributed by atoms with van der Waals surface area (Å²) in [7, 11) is 1.50. The van der Waals surface area contributed by atoms with Crippen LogP contribution in [0.4, 0.5) is 0 Å². The lowest BCUT2D eigenvalue weighted by Crippen LogP contribution is -2.35. The third-order valence-electron chi connectivity index (χ3n) is 2.55. The molecule has 0 saturated carbocycles. The maximum absolute atomic E-state index is 11.8. The van der Waals surface area contributed by atoms with Gasteiger partial charge in [0.15, 0.2) is 5.84 Å². The van der Waals surface area contributed by atoms with Crippen LogP contribution in [0.1, 0.15) is 5.56 Å². The average Bonchev–Trinajstić information content (AvgIpc) is 2.45. The van der Waals surface area contributed by atoms with Crippen molar-refractivity contribution in [3.63, 3.8) is 0 Å². The Bertz CT molecular complexity index is 779. The van der Waals surface area contributed by atoms with E-state index < -0.39 is 11.2 Å². The Labute approximate surface area is 126 Å². The standard InChI is InChI=1S/C12H10IN3O4/c1-20-8-4-2-3-7(5-8)10(15-19)16-6-9(13)11(17)14-12(16)18/h2-6,19H,1H3,(H,14,17,18)/b15-10+. The van der Waals surface area contributed by atoms with Crippen LogP contribution in [0.2, 0.25) is 0 Å². The number of hydrogen-bond acceptors (Lipinski definition) is 5. The molecule has 0 aliphatic carbocycles. The second kappa shape index (κ2) is 5.90. The van der Waals surface area contributed by atoms with Crippen molar-refractivity contribution in [2.45, 2.75) is 0 Å². The number of rotatable bonds is 2. The molecule has 104 valence electrons. The predicted molar refractivity (Wildman–Crippen MR) is 80.8 cm³/mol. The third kappa shape index (κ3) is 2.74. The smallest absolute Gasteiger partial charge is 0.334 e. The van der Waals surface area contributed by atoms with Gasteiger partial charge in [-0.15, -0.1) is 0 Å². The minimum absolute atomic E-state index is 0.0110. The molecule has 1 aromatic heterocycles. The summed E-state index contributed by atoms with van der Waals surface area (Å²) in [6, 6.07) is 6.68. The first kappa shape index (κ1) is 14.3. The molecule has 0 amide bonds. The molecule has 0 bridgehead atoms. The number of benzene rings is 1. The highest BCUT2D eigenvalue weighted by molar-refractivity contribution is 14.1. The van der Waals surface area contributed by atoms with E-state index in [0.717, 1.165) is 4.57 Å². The molecule has 1 aromatic carbocycles. The molecule has 2 rings (SSSR count). The summed E-state index contributed by atoms with van der Waals surface area (Å²) < 4.78 is 6.43. The molecule has 0 atom stereocenters. The van der Waals surface area contributed by atoms with Crippen LogP contribution in [0.3, 0.4) is 0 Å². The summed E-state index contributed by atoms with van der Waals surface area (Å²) in [5, 5.41) is 12.3. The molecule has 0 aliphatic rings. The summed E-state index contributed by atoms with van der Waals surface area (Å²) in [6.07, 6.45) is 1.30. The molecule has 2 N–H and O–H groups in total. The Morgan fingerprint density at radius 2 is 2.20 bits per heavy atom. The van der Waals surface area contributed by atoms with Gasteiger partial charge in [-0.05, 0) is 34.7 Å². The average molecular weight is 387 g/mol. The number of H-pyrrole nitrogens is 1. The van der Waals surface area contributed by atoms with Crippen molar-refractivity contribution in [3.8, 4) is 5.75 Å². The van der Waals surface area contributed by atoms with E-state index in [-0.39, 0.29) is 5.84 Å². The van der Waals surface area contributed by atoms with Crippen molar-refractivity contribution >= 4 is 28.4 Å². The monoisotopic (exact) mass is 387 g/mol. The van der Waals surface area contributed by atoms with Crippen molar-refractivity contribution in [1.29, 1.82) is 0 Å². The first-order valence-electron chi connectivity index (χ1n) is 5.45. The Kier molecular flexibility index (Phi) is 4.23. The number of halogens is 1. The van der Waals surface area contributed by atoms with Crippen LogP contribution < -0.4 is 16.0 Å². The topological polar surface area (TPSA) is 96.7 Å². The molecule has 0 aliphatic heterocycles. The zero-order valence-electron chi connectivity index (χ0n) is 10.3. The maximum atomic E-state index is 11.8. The van der Waals surface area contributed by atoms with Crippen LogP contribution in [-0.2, 0) is 0 Å². The fourth-order valence-corrected chi connectivity index (χ4v) is 2.03. The molecule has 0 radical (unpaired) electrons.